The molecule has 0 N–H and O–H groups in total. The molecule has 0 amide bonds. The third kappa shape index (κ3) is 4.78. The van der Waals surface area contributed by atoms with Crippen molar-refractivity contribution in [2.75, 3.05) is 12.9 Å². The van der Waals surface area contributed by atoms with Gasteiger partial charge in [0.1, 0.15) is 0 Å². The van der Waals surface area contributed by atoms with Crippen LogP contribution in [0.25, 0.3) is 0 Å². The molecule has 100 valence electrons. The molecule has 0 aliphatic carbocycles. The van der Waals surface area contributed by atoms with Gasteiger partial charge >= 0.3 is 5.97 Å². The van der Waals surface area contributed by atoms with Crippen LogP contribution in [0.5, 0.6) is 0 Å². The molecule has 18 heavy (non-hydrogen) atoms. The fraction of sp³-hybridized carbons (Fsp3) is 0.417. The molecule has 0 saturated carbocycles. The van der Waals surface area contributed by atoms with Crippen LogP contribution in [0.3, 0.4) is 0 Å². The number of unbranched alkanes of at least 4 members (excludes halogenated alkanes) is 1. The van der Waals surface area contributed by atoms with E-state index in [9.17, 15) is 13.2 Å². The highest BCUT2D eigenvalue weighted by Crippen LogP contribution is 2.17. The molecule has 0 spiro atoms. The molecule has 0 unspecified atom stereocenters. The van der Waals surface area contributed by atoms with Gasteiger partial charge in [0, 0.05) is 10.9 Å². The van der Waals surface area contributed by atoms with E-state index in [-0.39, 0.29) is 18.1 Å². The number of sulfone groups is 1. The Bertz CT molecular complexity index is 493. The molecule has 0 aliphatic rings. The van der Waals surface area contributed by atoms with Crippen molar-refractivity contribution in [3.05, 3.63) is 28.7 Å². The Morgan fingerprint density at radius 2 is 1.83 bits per heavy atom. The highest BCUT2D eigenvalue weighted by Gasteiger charge is 2.14. The molecule has 1 aromatic rings. The third-order valence-electron chi connectivity index (χ3n) is 2.44. The molecule has 0 bridgehead atoms. The van der Waals surface area contributed by atoms with E-state index < -0.39 is 9.84 Å². The topological polar surface area (TPSA) is 60.4 Å². The molecule has 6 heteroatoms. The van der Waals surface area contributed by atoms with E-state index in [2.05, 4.69) is 20.7 Å². The second-order valence-electron chi connectivity index (χ2n) is 3.81. The summed E-state index contributed by atoms with van der Waals surface area (Å²) in [4.78, 5) is 11.2. The van der Waals surface area contributed by atoms with E-state index in [1.165, 1.54) is 7.11 Å². The zero-order valence-corrected chi connectivity index (χ0v) is 12.5. The summed E-state index contributed by atoms with van der Waals surface area (Å²) in [7, 11) is -1.93. The highest BCUT2D eigenvalue weighted by molar-refractivity contribution is 9.10. The van der Waals surface area contributed by atoms with Crippen LogP contribution in [0, 0.1) is 0 Å². The maximum absolute atomic E-state index is 11.9. The lowest BCUT2D eigenvalue weighted by atomic mass is 10.2. The van der Waals surface area contributed by atoms with E-state index >= 15 is 0 Å². The van der Waals surface area contributed by atoms with Gasteiger partial charge in [-0.1, -0.05) is 15.9 Å². The number of hydrogen-bond acceptors (Lipinski definition) is 4. The maximum atomic E-state index is 11.9. The minimum absolute atomic E-state index is 0.0472. The number of rotatable bonds is 6. The van der Waals surface area contributed by atoms with Crippen molar-refractivity contribution < 1.29 is 17.9 Å². The Morgan fingerprint density at radius 1 is 1.22 bits per heavy atom. The molecule has 0 atom stereocenters. The second-order valence-corrected chi connectivity index (χ2v) is 6.83. The van der Waals surface area contributed by atoms with Gasteiger partial charge in [-0.2, -0.15) is 0 Å². The van der Waals surface area contributed by atoms with E-state index in [4.69, 9.17) is 0 Å². The lowest BCUT2D eigenvalue weighted by Crippen LogP contribution is -2.08. The average Bonchev–Trinajstić information content (AvgIpc) is 2.35. The fourth-order valence-electron chi connectivity index (χ4n) is 1.42. The smallest absolute Gasteiger partial charge is 0.305 e. The summed E-state index contributed by atoms with van der Waals surface area (Å²) in [5.41, 5.74) is 0. The number of methoxy groups -OCH3 is 1. The van der Waals surface area contributed by atoms with Gasteiger partial charge in [-0.05, 0) is 37.1 Å². The quantitative estimate of drug-likeness (QED) is 0.592. The largest absolute Gasteiger partial charge is 0.469 e. The first-order chi connectivity index (χ1) is 8.45. The molecule has 0 aromatic heterocycles. The number of carbonyl (C=O) groups is 1. The standard InChI is InChI=1S/C12H15BrO4S/c1-17-12(14)4-2-3-9-18(15,16)11-7-5-10(13)6-8-11/h5-8H,2-4,9H2,1H3. The van der Waals surface area contributed by atoms with Gasteiger partial charge in [0.05, 0.1) is 17.8 Å². The zero-order valence-electron chi connectivity index (χ0n) is 10.1. The Labute approximate surface area is 115 Å². The summed E-state index contributed by atoms with van der Waals surface area (Å²) in [5, 5.41) is 0. The van der Waals surface area contributed by atoms with Crippen molar-refractivity contribution in [2.24, 2.45) is 0 Å². The van der Waals surface area contributed by atoms with Crippen LogP contribution in [0.4, 0.5) is 0 Å². The Kier molecular flexibility index (Phi) is 5.81. The molecule has 0 aliphatic heterocycles. The van der Waals surface area contributed by atoms with Crippen LogP contribution in [0.2, 0.25) is 0 Å². The average molecular weight is 335 g/mol. The fourth-order valence-corrected chi connectivity index (χ4v) is 3.06. The first-order valence-electron chi connectivity index (χ1n) is 5.51. The van der Waals surface area contributed by atoms with Crippen molar-refractivity contribution in [1.82, 2.24) is 0 Å². The van der Waals surface area contributed by atoms with E-state index in [1.54, 1.807) is 24.3 Å². The third-order valence-corrected chi connectivity index (χ3v) is 4.79. The number of ether oxygens (including phenoxy) is 1. The molecule has 0 heterocycles. The first kappa shape index (κ1) is 15.2. The predicted octanol–water partition coefficient (Wildman–Crippen LogP) is 2.57. The summed E-state index contributed by atoms with van der Waals surface area (Å²) in [6, 6.07) is 6.53. The van der Waals surface area contributed by atoms with Crippen LogP contribution >= 0.6 is 15.9 Å². The molecule has 0 radical (unpaired) electrons. The SMILES string of the molecule is COC(=O)CCCCS(=O)(=O)c1ccc(Br)cc1. The maximum Gasteiger partial charge on any atom is 0.305 e. The van der Waals surface area contributed by atoms with Gasteiger partial charge in [0.25, 0.3) is 0 Å². The van der Waals surface area contributed by atoms with Crippen LogP contribution in [-0.2, 0) is 19.4 Å². The van der Waals surface area contributed by atoms with Crippen LogP contribution in [0.15, 0.2) is 33.6 Å². The van der Waals surface area contributed by atoms with Gasteiger partial charge < -0.3 is 4.74 Å². The molecule has 1 aromatic carbocycles. The van der Waals surface area contributed by atoms with Crippen molar-refractivity contribution in [3.63, 3.8) is 0 Å². The number of carbonyl (C=O) groups excluding carboxylic acids is 1. The van der Waals surface area contributed by atoms with Crippen molar-refractivity contribution in [3.8, 4) is 0 Å². The number of halogens is 1. The summed E-state index contributed by atoms with van der Waals surface area (Å²) in [6.07, 6.45) is 1.22. The highest BCUT2D eigenvalue weighted by atomic mass is 79.9. The molecular weight excluding hydrogens is 320 g/mol. The minimum atomic E-state index is -3.25. The van der Waals surface area contributed by atoms with Gasteiger partial charge in [-0.25, -0.2) is 8.42 Å². The summed E-state index contributed by atoms with van der Waals surface area (Å²) in [5.74, 6) is -0.262. The van der Waals surface area contributed by atoms with Gasteiger partial charge in [-0.3, -0.25) is 4.79 Å². The molecular formula is C12H15BrO4S. The van der Waals surface area contributed by atoms with Crippen LogP contribution in [0.1, 0.15) is 19.3 Å². The van der Waals surface area contributed by atoms with E-state index in [0.717, 1.165) is 4.47 Å². The Balaban J connectivity index is 2.50. The van der Waals surface area contributed by atoms with Crippen molar-refractivity contribution >= 4 is 31.7 Å². The number of esters is 1. The normalized spacial score (nSPS) is 11.2. The van der Waals surface area contributed by atoms with E-state index in [1.807, 2.05) is 0 Å². The summed E-state index contributed by atoms with van der Waals surface area (Å²) < 4.78 is 29.2. The summed E-state index contributed by atoms with van der Waals surface area (Å²) in [6.45, 7) is 0. The predicted molar refractivity (Wildman–Crippen MR) is 72.1 cm³/mol. The lowest BCUT2D eigenvalue weighted by molar-refractivity contribution is -0.140. The van der Waals surface area contributed by atoms with E-state index in [0.29, 0.717) is 17.7 Å². The van der Waals surface area contributed by atoms with Crippen LogP contribution < -0.4 is 0 Å². The lowest BCUT2D eigenvalue weighted by Gasteiger charge is -2.04. The molecule has 0 fully saturated rings. The Morgan fingerprint density at radius 3 is 2.39 bits per heavy atom. The van der Waals surface area contributed by atoms with Gasteiger partial charge in [0.15, 0.2) is 9.84 Å². The molecule has 4 nitrogen and oxygen atoms in total. The van der Waals surface area contributed by atoms with Crippen molar-refractivity contribution in [2.45, 2.75) is 24.2 Å². The molecule has 1 rings (SSSR count). The number of hydrogen-bond donors (Lipinski definition) is 0. The van der Waals surface area contributed by atoms with Gasteiger partial charge in [-0.15, -0.1) is 0 Å². The molecule has 0 saturated heterocycles. The zero-order chi connectivity index (χ0) is 13.6. The minimum Gasteiger partial charge on any atom is -0.469 e. The van der Waals surface area contributed by atoms with Gasteiger partial charge in [0.2, 0.25) is 0 Å². The van der Waals surface area contributed by atoms with Crippen LogP contribution in [-0.4, -0.2) is 27.2 Å². The van der Waals surface area contributed by atoms with Crippen molar-refractivity contribution in [1.29, 1.82) is 0 Å². The Hall–Kier alpha value is -0.880. The first-order valence-corrected chi connectivity index (χ1v) is 7.95. The second kappa shape index (κ2) is 6.89. The summed E-state index contributed by atoms with van der Waals surface area (Å²) >= 11 is 3.25. The monoisotopic (exact) mass is 334 g/mol. The number of benzene rings is 1.